The molecule has 1 aromatic heterocycles. The maximum Gasteiger partial charge on any atom is 0.331 e. The first-order valence-electron chi connectivity index (χ1n) is 9.86. The molecule has 1 atom stereocenters. The molecule has 1 heterocycles. The number of aryl methyl sites for hydroxylation is 1. The largest absolute Gasteiger partial charge is 0.497 e. The molecule has 0 saturated heterocycles. The lowest BCUT2D eigenvalue weighted by atomic mass is 10.2. The Morgan fingerprint density at radius 1 is 1.24 bits per heavy atom. The van der Waals surface area contributed by atoms with Gasteiger partial charge in [-0.05, 0) is 69.0 Å². The van der Waals surface area contributed by atoms with E-state index in [4.69, 9.17) is 9.47 Å². The van der Waals surface area contributed by atoms with Crippen LogP contribution in [0.5, 0.6) is 5.75 Å². The third kappa shape index (κ3) is 5.28. The fourth-order valence-corrected chi connectivity index (χ4v) is 3.37. The van der Waals surface area contributed by atoms with E-state index in [1.807, 2.05) is 24.3 Å². The van der Waals surface area contributed by atoms with E-state index in [0.29, 0.717) is 12.6 Å². The van der Waals surface area contributed by atoms with Gasteiger partial charge in [-0.25, -0.2) is 4.79 Å². The van der Waals surface area contributed by atoms with Crippen LogP contribution in [0.2, 0.25) is 0 Å². The Morgan fingerprint density at radius 3 is 2.55 bits per heavy atom. The number of nitrogens with one attached hydrogen (secondary N) is 1. The number of benzene rings is 1. The van der Waals surface area contributed by atoms with Gasteiger partial charge in [-0.1, -0.05) is 12.1 Å². The summed E-state index contributed by atoms with van der Waals surface area (Å²) in [6.45, 7) is 6.06. The van der Waals surface area contributed by atoms with Crippen LogP contribution in [0.25, 0.3) is 6.08 Å². The van der Waals surface area contributed by atoms with E-state index in [-0.39, 0.29) is 5.91 Å². The van der Waals surface area contributed by atoms with Crippen LogP contribution in [0.3, 0.4) is 0 Å². The first kappa shape index (κ1) is 20.7. The number of esters is 1. The molecule has 0 radical (unpaired) electrons. The highest BCUT2D eigenvalue weighted by molar-refractivity contribution is 5.90. The molecular weight excluding hydrogens is 368 g/mol. The van der Waals surface area contributed by atoms with Crippen LogP contribution in [-0.2, 0) is 20.9 Å². The van der Waals surface area contributed by atoms with Gasteiger partial charge in [0.15, 0.2) is 6.10 Å². The molecule has 6 nitrogen and oxygen atoms in total. The standard InChI is InChI=1S/C23H28N2O4/c1-15-13-19(16(2)25(15)20-8-9-20)7-12-22(26)29-17(3)23(27)24-14-18-5-10-21(28-4)11-6-18/h5-7,10-13,17,20H,8-9,14H2,1-4H3,(H,24,27)/b12-7+/t17-/m0/s1. The predicted molar refractivity (Wildman–Crippen MR) is 112 cm³/mol. The second-order valence-corrected chi connectivity index (χ2v) is 7.41. The Morgan fingerprint density at radius 2 is 1.93 bits per heavy atom. The minimum absolute atomic E-state index is 0.338. The molecule has 6 heteroatoms. The van der Waals surface area contributed by atoms with E-state index in [1.165, 1.54) is 24.6 Å². The summed E-state index contributed by atoms with van der Waals surface area (Å²) in [5, 5.41) is 2.77. The van der Waals surface area contributed by atoms with Crippen LogP contribution in [0, 0.1) is 13.8 Å². The van der Waals surface area contributed by atoms with Crippen LogP contribution >= 0.6 is 0 Å². The lowest BCUT2D eigenvalue weighted by Gasteiger charge is -2.12. The number of ether oxygens (including phenoxy) is 2. The summed E-state index contributed by atoms with van der Waals surface area (Å²) in [7, 11) is 1.60. The van der Waals surface area contributed by atoms with Gasteiger partial charge in [0.2, 0.25) is 0 Å². The van der Waals surface area contributed by atoms with E-state index in [2.05, 4.69) is 29.8 Å². The van der Waals surface area contributed by atoms with Crippen molar-refractivity contribution < 1.29 is 19.1 Å². The summed E-state index contributed by atoms with van der Waals surface area (Å²) in [6.07, 6.45) is 4.69. The molecule has 2 aromatic rings. The molecule has 0 aliphatic heterocycles. The fourth-order valence-electron chi connectivity index (χ4n) is 3.37. The highest BCUT2D eigenvalue weighted by Gasteiger charge is 2.26. The molecule has 0 bridgehead atoms. The quantitative estimate of drug-likeness (QED) is 0.546. The Bertz CT molecular complexity index is 908. The van der Waals surface area contributed by atoms with Crippen molar-refractivity contribution in [2.45, 2.75) is 52.3 Å². The zero-order chi connectivity index (χ0) is 21.0. The van der Waals surface area contributed by atoms with Crippen LogP contribution in [0.15, 0.2) is 36.4 Å². The Balaban J connectivity index is 1.49. The molecule has 154 valence electrons. The molecule has 1 amide bonds. The molecule has 1 aliphatic rings. The fraction of sp³-hybridized carbons (Fsp3) is 0.391. The highest BCUT2D eigenvalue weighted by Crippen LogP contribution is 2.38. The number of carbonyl (C=O) groups is 2. The molecule has 1 aliphatic carbocycles. The first-order chi connectivity index (χ1) is 13.9. The topological polar surface area (TPSA) is 69.6 Å². The minimum atomic E-state index is -0.871. The van der Waals surface area contributed by atoms with Gasteiger partial charge < -0.3 is 19.4 Å². The zero-order valence-corrected chi connectivity index (χ0v) is 17.4. The SMILES string of the molecule is COc1ccc(CNC(=O)[C@H](C)OC(=O)/C=C/c2cc(C)n(C3CC3)c2C)cc1. The molecular formula is C23H28N2O4. The maximum atomic E-state index is 12.2. The average Bonchev–Trinajstić information content (AvgIpc) is 3.50. The van der Waals surface area contributed by atoms with E-state index in [1.54, 1.807) is 20.1 Å². The second kappa shape index (κ2) is 8.99. The molecule has 1 fully saturated rings. The van der Waals surface area contributed by atoms with Crippen LogP contribution in [0.1, 0.15) is 48.3 Å². The summed E-state index contributed by atoms with van der Waals surface area (Å²) in [5.41, 5.74) is 4.29. The monoisotopic (exact) mass is 396 g/mol. The van der Waals surface area contributed by atoms with Gasteiger partial charge in [-0.3, -0.25) is 4.79 Å². The number of carbonyl (C=O) groups excluding carboxylic acids is 2. The van der Waals surface area contributed by atoms with Crippen molar-refractivity contribution in [3.05, 3.63) is 58.9 Å². The zero-order valence-electron chi connectivity index (χ0n) is 17.4. The third-order valence-corrected chi connectivity index (χ3v) is 5.12. The summed E-state index contributed by atoms with van der Waals surface area (Å²) in [4.78, 5) is 24.3. The molecule has 1 N–H and O–H groups in total. The van der Waals surface area contributed by atoms with Crippen molar-refractivity contribution in [3.8, 4) is 5.75 Å². The van der Waals surface area contributed by atoms with Crippen LogP contribution in [0.4, 0.5) is 0 Å². The van der Waals surface area contributed by atoms with Gasteiger partial charge in [0.25, 0.3) is 5.91 Å². The number of aromatic nitrogens is 1. The van der Waals surface area contributed by atoms with Gasteiger partial charge >= 0.3 is 5.97 Å². The summed E-state index contributed by atoms with van der Waals surface area (Å²) in [5.74, 6) is -0.116. The Kier molecular flexibility index (Phi) is 6.42. The molecule has 0 unspecified atom stereocenters. The minimum Gasteiger partial charge on any atom is -0.497 e. The van der Waals surface area contributed by atoms with Gasteiger partial charge in [-0.15, -0.1) is 0 Å². The van der Waals surface area contributed by atoms with Gasteiger partial charge in [-0.2, -0.15) is 0 Å². The number of amides is 1. The first-order valence-corrected chi connectivity index (χ1v) is 9.86. The molecule has 0 spiro atoms. The number of rotatable bonds is 8. The van der Waals surface area contributed by atoms with Crippen molar-refractivity contribution in [1.29, 1.82) is 0 Å². The normalized spacial score (nSPS) is 14.6. The van der Waals surface area contributed by atoms with Crippen molar-refractivity contribution in [3.63, 3.8) is 0 Å². The lowest BCUT2D eigenvalue weighted by Crippen LogP contribution is -2.35. The predicted octanol–water partition coefficient (Wildman–Crippen LogP) is 3.71. The maximum absolute atomic E-state index is 12.2. The van der Waals surface area contributed by atoms with E-state index in [9.17, 15) is 9.59 Å². The van der Waals surface area contributed by atoms with Crippen molar-refractivity contribution in [2.75, 3.05) is 7.11 Å². The van der Waals surface area contributed by atoms with Crippen LogP contribution < -0.4 is 10.1 Å². The molecule has 1 aromatic carbocycles. The Hall–Kier alpha value is -3.02. The number of hydrogen-bond donors (Lipinski definition) is 1. The number of nitrogens with zero attached hydrogens (tertiary/aromatic N) is 1. The van der Waals surface area contributed by atoms with Crippen LogP contribution in [-0.4, -0.2) is 29.7 Å². The molecule has 1 saturated carbocycles. The second-order valence-electron chi connectivity index (χ2n) is 7.41. The number of methoxy groups -OCH3 is 1. The Labute approximate surface area is 171 Å². The number of hydrogen-bond acceptors (Lipinski definition) is 4. The van der Waals surface area contributed by atoms with Crippen molar-refractivity contribution in [1.82, 2.24) is 9.88 Å². The summed E-state index contributed by atoms with van der Waals surface area (Å²) in [6, 6.07) is 10.1. The van der Waals surface area contributed by atoms with Crippen molar-refractivity contribution in [2.24, 2.45) is 0 Å². The average molecular weight is 396 g/mol. The van der Waals surface area contributed by atoms with Gasteiger partial charge in [0.1, 0.15) is 5.75 Å². The van der Waals surface area contributed by atoms with Crippen molar-refractivity contribution >= 4 is 18.0 Å². The third-order valence-electron chi connectivity index (χ3n) is 5.12. The smallest absolute Gasteiger partial charge is 0.331 e. The van der Waals surface area contributed by atoms with E-state index in [0.717, 1.165) is 22.6 Å². The van der Waals surface area contributed by atoms with E-state index < -0.39 is 12.1 Å². The molecule has 29 heavy (non-hydrogen) atoms. The lowest BCUT2D eigenvalue weighted by molar-refractivity contribution is -0.150. The highest BCUT2D eigenvalue weighted by atomic mass is 16.5. The van der Waals surface area contributed by atoms with Gasteiger partial charge in [0, 0.05) is 30.1 Å². The summed E-state index contributed by atoms with van der Waals surface area (Å²) >= 11 is 0. The van der Waals surface area contributed by atoms with Gasteiger partial charge in [0.05, 0.1) is 7.11 Å². The molecule has 3 rings (SSSR count). The van der Waals surface area contributed by atoms with E-state index >= 15 is 0 Å². The summed E-state index contributed by atoms with van der Waals surface area (Å²) < 4.78 is 12.7.